The van der Waals surface area contributed by atoms with Crippen LogP contribution in [0.5, 0.6) is 0 Å². The number of hydrogen-bond acceptors (Lipinski definition) is 10. The van der Waals surface area contributed by atoms with Crippen LogP contribution < -0.4 is 5.32 Å². The van der Waals surface area contributed by atoms with Gasteiger partial charge in [-0.15, -0.1) is 0 Å². The Morgan fingerprint density at radius 3 is 1.56 bits per heavy atom. The number of carbonyl (C=O) groups excluding carboxylic acids is 3. The van der Waals surface area contributed by atoms with Crippen molar-refractivity contribution in [2.24, 2.45) is 0 Å². The summed E-state index contributed by atoms with van der Waals surface area (Å²) < 4.78 is 33.0. The van der Waals surface area contributed by atoms with E-state index in [0.29, 0.717) is 0 Å². The molecule has 232 valence electrons. The van der Waals surface area contributed by atoms with E-state index in [2.05, 4.69) is 5.32 Å². The molecular formula is C29H45NO11. The molecule has 1 aromatic carbocycles. The third-order valence-corrected chi connectivity index (χ3v) is 4.92. The van der Waals surface area contributed by atoms with Crippen LogP contribution in [0.15, 0.2) is 30.3 Å². The summed E-state index contributed by atoms with van der Waals surface area (Å²) in [4.78, 5) is 48.0. The standard InChI is InChI=1S/C29H45NO11/c1-27(2,3)40-24(33)13-16-37-20-29(19-36-15-12-23(31)32,21-38-17-14-25(34)41-28(4,5)6)30-26(35)39-18-22-10-8-7-9-11-22/h7-11H,12-21H2,1-6H3,(H,30,35)(H,31,32). The van der Waals surface area contributed by atoms with E-state index in [0.717, 1.165) is 5.56 Å². The van der Waals surface area contributed by atoms with Gasteiger partial charge in [0, 0.05) is 0 Å². The molecule has 0 radical (unpaired) electrons. The summed E-state index contributed by atoms with van der Waals surface area (Å²) in [7, 11) is 0. The second kappa shape index (κ2) is 17.6. The van der Waals surface area contributed by atoms with Gasteiger partial charge in [0.15, 0.2) is 0 Å². The molecule has 12 nitrogen and oxygen atoms in total. The van der Waals surface area contributed by atoms with Crippen LogP contribution in [-0.4, -0.2) is 85.5 Å². The number of rotatable bonds is 18. The Labute approximate surface area is 241 Å². The van der Waals surface area contributed by atoms with E-state index in [-0.39, 0.29) is 65.5 Å². The van der Waals surface area contributed by atoms with Crippen molar-refractivity contribution in [3.05, 3.63) is 35.9 Å². The molecule has 0 aliphatic heterocycles. The van der Waals surface area contributed by atoms with Gasteiger partial charge >= 0.3 is 24.0 Å². The molecule has 0 unspecified atom stereocenters. The average molecular weight is 584 g/mol. The van der Waals surface area contributed by atoms with Crippen molar-refractivity contribution in [3.8, 4) is 0 Å². The Kier molecular flexibility index (Phi) is 15.3. The lowest BCUT2D eigenvalue weighted by molar-refractivity contribution is -0.157. The topological polar surface area (TPSA) is 156 Å². The van der Waals surface area contributed by atoms with E-state index < -0.39 is 40.7 Å². The molecule has 0 aromatic heterocycles. The summed E-state index contributed by atoms with van der Waals surface area (Å²) in [6.07, 6.45) is -1.12. The average Bonchev–Trinajstić information content (AvgIpc) is 2.84. The van der Waals surface area contributed by atoms with Crippen LogP contribution in [0.3, 0.4) is 0 Å². The van der Waals surface area contributed by atoms with E-state index in [4.69, 9.17) is 33.5 Å². The first-order valence-electron chi connectivity index (χ1n) is 13.5. The second-order valence-corrected chi connectivity index (χ2v) is 11.4. The molecule has 0 aliphatic carbocycles. The van der Waals surface area contributed by atoms with Crippen molar-refractivity contribution in [3.63, 3.8) is 0 Å². The summed E-state index contributed by atoms with van der Waals surface area (Å²) in [5.74, 6) is -1.96. The summed E-state index contributed by atoms with van der Waals surface area (Å²) >= 11 is 0. The van der Waals surface area contributed by atoms with Gasteiger partial charge in [-0.3, -0.25) is 14.4 Å². The first-order valence-corrected chi connectivity index (χ1v) is 13.5. The number of aliphatic carboxylic acids is 1. The van der Waals surface area contributed by atoms with Gasteiger partial charge in [-0.05, 0) is 47.1 Å². The number of benzene rings is 1. The SMILES string of the molecule is CC(C)(C)OC(=O)CCOCC(COCCC(=O)O)(COCCC(=O)OC(C)(C)C)NC(=O)OCc1ccccc1. The Balaban J connectivity index is 2.93. The van der Waals surface area contributed by atoms with Crippen molar-refractivity contribution >= 4 is 24.0 Å². The van der Waals surface area contributed by atoms with Crippen molar-refractivity contribution in [2.75, 3.05) is 39.6 Å². The van der Waals surface area contributed by atoms with Gasteiger partial charge in [0.1, 0.15) is 23.3 Å². The minimum absolute atomic E-state index is 0.00161. The summed E-state index contributed by atoms with van der Waals surface area (Å²) in [5.41, 5.74) is -1.86. The van der Waals surface area contributed by atoms with Crippen molar-refractivity contribution in [1.82, 2.24) is 5.32 Å². The molecule has 1 amide bonds. The molecule has 0 spiro atoms. The Morgan fingerprint density at radius 2 is 1.15 bits per heavy atom. The van der Waals surface area contributed by atoms with E-state index in [1.807, 2.05) is 18.2 Å². The van der Waals surface area contributed by atoms with Gasteiger partial charge in [-0.2, -0.15) is 0 Å². The summed E-state index contributed by atoms with van der Waals surface area (Å²) in [6.45, 7) is 9.82. The first kappa shape index (κ1) is 35.8. The van der Waals surface area contributed by atoms with Gasteiger partial charge in [-0.1, -0.05) is 30.3 Å². The van der Waals surface area contributed by atoms with Gasteiger partial charge in [0.05, 0.1) is 58.9 Å². The molecule has 0 saturated carbocycles. The smallest absolute Gasteiger partial charge is 0.408 e. The van der Waals surface area contributed by atoms with E-state index >= 15 is 0 Å². The van der Waals surface area contributed by atoms with Crippen LogP contribution in [0.1, 0.15) is 66.4 Å². The number of carbonyl (C=O) groups is 4. The quantitative estimate of drug-likeness (QED) is 0.148. The number of amides is 1. The monoisotopic (exact) mass is 583 g/mol. The molecule has 0 bridgehead atoms. The number of hydrogen-bond donors (Lipinski definition) is 2. The number of alkyl carbamates (subject to hydrolysis) is 1. The normalized spacial score (nSPS) is 12.0. The minimum Gasteiger partial charge on any atom is -0.481 e. The van der Waals surface area contributed by atoms with Gasteiger partial charge < -0.3 is 38.8 Å². The fraction of sp³-hybridized carbons (Fsp3) is 0.655. The highest BCUT2D eigenvalue weighted by molar-refractivity contribution is 5.70. The number of carboxylic acid groups (broad SMARTS) is 1. The molecule has 0 aliphatic rings. The zero-order valence-corrected chi connectivity index (χ0v) is 25.0. The van der Waals surface area contributed by atoms with Crippen LogP contribution in [0, 0.1) is 0 Å². The van der Waals surface area contributed by atoms with Gasteiger partial charge in [0.2, 0.25) is 0 Å². The Morgan fingerprint density at radius 1 is 0.707 bits per heavy atom. The molecular weight excluding hydrogens is 538 g/mol. The molecule has 12 heteroatoms. The minimum atomic E-state index is -1.34. The van der Waals surface area contributed by atoms with Crippen LogP contribution >= 0.6 is 0 Å². The first-order chi connectivity index (χ1) is 19.1. The van der Waals surface area contributed by atoms with Crippen molar-refractivity contribution in [2.45, 2.75) is 84.2 Å². The summed E-state index contributed by atoms with van der Waals surface area (Å²) in [6, 6.07) is 9.07. The molecule has 0 heterocycles. The maximum absolute atomic E-state index is 12.8. The van der Waals surface area contributed by atoms with E-state index in [9.17, 15) is 19.2 Å². The number of nitrogens with one attached hydrogen (secondary N) is 1. The van der Waals surface area contributed by atoms with E-state index in [1.165, 1.54) is 0 Å². The fourth-order valence-corrected chi connectivity index (χ4v) is 3.27. The third kappa shape index (κ3) is 18.7. The Bertz CT molecular complexity index is 916. The lowest BCUT2D eigenvalue weighted by atomic mass is 10.0. The largest absolute Gasteiger partial charge is 0.481 e. The zero-order valence-electron chi connectivity index (χ0n) is 25.0. The maximum atomic E-state index is 12.8. The highest BCUT2D eigenvalue weighted by Crippen LogP contribution is 2.14. The molecule has 0 fully saturated rings. The summed E-state index contributed by atoms with van der Waals surface area (Å²) in [5, 5.41) is 11.7. The van der Waals surface area contributed by atoms with Gasteiger partial charge in [-0.25, -0.2) is 4.79 Å². The van der Waals surface area contributed by atoms with Crippen LogP contribution in [-0.2, 0) is 49.4 Å². The predicted octanol–water partition coefficient (Wildman–Crippen LogP) is 3.64. The molecule has 1 aromatic rings. The molecule has 41 heavy (non-hydrogen) atoms. The van der Waals surface area contributed by atoms with Crippen molar-refractivity contribution in [1.29, 1.82) is 0 Å². The highest BCUT2D eigenvalue weighted by Gasteiger charge is 2.35. The second-order valence-electron chi connectivity index (χ2n) is 11.4. The fourth-order valence-electron chi connectivity index (χ4n) is 3.27. The molecule has 1 rings (SSSR count). The highest BCUT2D eigenvalue weighted by atomic mass is 16.6. The molecule has 2 N–H and O–H groups in total. The zero-order chi connectivity index (χ0) is 30.9. The number of esters is 2. The van der Waals surface area contributed by atoms with Crippen LogP contribution in [0.25, 0.3) is 0 Å². The lowest BCUT2D eigenvalue weighted by Gasteiger charge is -2.33. The number of carboxylic acids is 1. The third-order valence-electron chi connectivity index (χ3n) is 4.92. The van der Waals surface area contributed by atoms with Gasteiger partial charge in [0.25, 0.3) is 0 Å². The Hall–Kier alpha value is -3.22. The molecule has 0 atom stereocenters. The number of ether oxygens (including phenoxy) is 6. The van der Waals surface area contributed by atoms with Crippen LogP contribution in [0.4, 0.5) is 4.79 Å². The molecule has 0 saturated heterocycles. The lowest BCUT2D eigenvalue weighted by Crippen LogP contribution is -2.58. The predicted molar refractivity (Wildman–Crippen MR) is 148 cm³/mol. The van der Waals surface area contributed by atoms with Crippen molar-refractivity contribution < 1.29 is 52.7 Å². The maximum Gasteiger partial charge on any atom is 0.408 e. The van der Waals surface area contributed by atoms with E-state index in [1.54, 1.807) is 53.7 Å². The van der Waals surface area contributed by atoms with Crippen LogP contribution in [0.2, 0.25) is 0 Å².